The molecule has 0 aliphatic heterocycles. The van der Waals surface area contributed by atoms with Gasteiger partial charge in [-0.05, 0) is 46.4 Å². The average Bonchev–Trinajstić information content (AvgIpc) is 2.90. The second-order valence-electron chi connectivity index (χ2n) is 6.12. The maximum Gasteiger partial charge on any atom is 0.573 e. The van der Waals surface area contributed by atoms with Crippen molar-refractivity contribution in [3.8, 4) is 16.9 Å². The van der Waals surface area contributed by atoms with Gasteiger partial charge in [-0.1, -0.05) is 60.7 Å². The van der Waals surface area contributed by atoms with E-state index in [2.05, 4.69) is 29.0 Å². The van der Waals surface area contributed by atoms with Crippen LogP contribution < -0.4 is 4.74 Å². The number of hydrogen-bond acceptors (Lipinski definition) is 1. The lowest BCUT2D eigenvalue weighted by Gasteiger charge is -2.14. The molecule has 4 rings (SSSR count). The smallest absolute Gasteiger partial charge is 0.406 e. The summed E-state index contributed by atoms with van der Waals surface area (Å²) in [6.45, 7) is 0. The molecule has 0 amide bonds. The zero-order chi connectivity index (χ0) is 17.4. The molecule has 0 N–H and O–H groups in total. The summed E-state index contributed by atoms with van der Waals surface area (Å²) in [7, 11) is 0. The summed E-state index contributed by atoms with van der Waals surface area (Å²) in [5, 5.41) is 0. The molecule has 1 aliphatic rings. The van der Waals surface area contributed by atoms with Crippen molar-refractivity contribution in [2.24, 2.45) is 0 Å². The Labute approximate surface area is 143 Å². The Kier molecular flexibility index (Phi) is 3.75. The van der Waals surface area contributed by atoms with Crippen molar-refractivity contribution in [1.29, 1.82) is 0 Å². The van der Waals surface area contributed by atoms with E-state index in [4.69, 9.17) is 0 Å². The summed E-state index contributed by atoms with van der Waals surface area (Å²) < 4.78 is 40.8. The Hall–Kier alpha value is -2.75. The van der Waals surface area contributed by atoms with Gasteiger partial charge in [-0.3, -0.25) is 0 Å². The summed E-state index contributed by atoms with van der Waals surface area (Å²) in [4.78, 5) is 0. The number of rotatable bonds is 3. The minimum atomic E-state index is -4.66. The number of hydrogen-bond donors (Lipinski definition) is 0. The van der Waals surface area contributed by atoms with E-state index in [1.807, 2.05) is 24.3 Å². The first-order valence-electron chi connectivity index (χ1n) is 8.04. The van der Waals surface area contributed by atoms with Crippen LogP contribution in [0.25, 0.3) is 11.1 Å². The van der Waals surface area contributed by atoms with Gasteiger partial charge < -0.3 is 4.74 Å². The molecule has 0 spiro atoms. The van der Waals surface area contributed by atoms with Crippen LogP contribution in [0.3, 0.4) is 0 Å². The van der Waals surface area contributed by atoms with Gasteiger partial charge in [0.25, 0.3) is 0 Å². The third kappa shape index (κ3) is 3.12. The van der Waals surface area contributed by atoms with Gasteiger partial charge in [-0.25, -0.2) is 0 Å². The highest BCUT2D eigenvalue weighted by Gasteiger charge is 2.31. The second-order valence-corrected chi connectivity index (χ2v) is 6.12. The van der Waals surface area contributed by atoms with Gasteiger partial charge in [-0.2, -0.15) is 0 Å². The Balaban J connectivity index is 1.63. The third-order valence-electron chi connectivity index (χ3n) is 4.56. The molecule has 0 saturated heterocycles. The molecule has 1 nitrogen and oxygen atoms in total. The number of halogens is 3. The molecule has 0 saturated carbocycles. The van der Waals surface area contributed by atoms with E-state index in [0.717, 1.165) is 12.0 Å². The van der Waals surface area contributed by atoms with Crippen molar-refractivity contribution in [3.63, 3.8) is 0 Å². The van der Waals surface area contributed by atoms with Gasteiger partial charge in [0.1, 0.15) is 5.75 Å². The molecule has 0 atom stereocenters. The van der Waals surface area contributed by atoms with Crippen LogP contribution in [0.15, 0.2) is 72.8 Å². The average molecular weight is 340 g/mol. The monoisotopic (exact) mass is 340 g/mol. The fourth-order valence-electron chi connectivity index (χ4n) is 3.54. The van der Waals surface area contributed by atoms with Crippen molar-refractivity contribution in [1.82, 2.24) is 0 Å². The highest BCUT2D eigenvalue weighted by molar-refractivity contribution is 5.78. The summed E-state index contributed by atoms with van der Waals surface area (Å²) in [6.07, 6.45) is -3.93. The van der Waals surface area contributed by atoms with Crippen LogP contribution in [0.1, 0.15) is 22.6 Å². The van der Waals surface area contributed by atoms with Gasteiger partial charge in [0.15, 0.2) is 0 Å². The first-order chi connectivity index (χ1) is 12.0. The largest absolute Gasteiger partial charge is 0.573 e. The number of alkyl halides is 3. The van der Waals surface area contributed by atoms with Crippen LogP contribution in [0.5, 0.6) is 5.75 Å². The van der Waals surface area contributed by atoms with Crippen LogP contribution >= 0.6 is 0 Å². The molecule has 0 heterocycles. The molecule has 25 heavy (non-hydrogen) atoms. The molecular weight excluding hydrogens is 325 g/mol. The Morgan fingerprint density at radius 3 is 1.76 bits per heavy atom. The number of fused-ring (bicyclic) bond motifs is 3. The highest BCUT2D eigenvalue weighted by atomic mass is 19.4. The topological polar surface area (TPSA) is 9.23 Å². The first-order valence-corrected chi connectivity index (χ1v) is 8.04. The molecule has 0 bridgehead atoms. The Morgan fingerprint density at radius 1 is 0.720 bits per heavy atom. The molecule has 3 aromatic carbocycles. The third-order valence-corrected chi connectivity index (χ3v) is 4.56. The first kappa shape index (κ1) is 15.8. The Morgan fingerprint density at radius 2 is 1.24 bits per heavy atom. The van der Waals surface area contributed by atoms with Crippen LogP contribution in [0.2, 0.25) is 0 Å². The molecule has 0 aromatic heterocycles. The minimum absolute atomic E-state index is 0.191. The van der Waals surface area contributed by atoms with Gasteiger partial charge >= 0.3 is 6.36 Å². The summed E-state index contributed by atoms with van der Waals surface area (Å²) in [5.41, 5.74) is 5.98. The fourth-order valence-corrected chi connectivity index (χ4v) is 3.54. The van der Waals surface area contributed by atoms with E-state index in [1.165, 1.54) is 34.4 Å². The molecular formula is C21H15F3O. The lowest BCUT2D eigenvalue weighted by atomic mass is 9.90. The van der Waals surface area contributed by atoms with Crippen LogP contribution in [-0.2, 0) is 6.42 Å². The number of benzene rings is 3. The van der Waals surface area contributed by atoms with E-state index >= 15 is 0 Å². The summed E-state index contributed by atoms with van der Waals surface area (Å²) in [5.74, 6) is 0.0188. The van der Waals surface area contributed by atoms with E-state index in [-0.39, 0.29) is 11.7 Å². The van der Waals surface area contributed by atoms with E-state index in [0.29, 0.717) is 0 Å². The maximum absolute atomic E-state index is 12.3. The molecule has 126 valence electrons. The van der Waals surface area contributed by atoms with Gasteiger partial charge in [0.2, 0.25) is 0 Å². The molecule has 3 aromatic rings. The molecule has 1 aliphatic carbocycles. The number of ether oxygens (including phenoxy) is 1. The van der Waals surface area contributed by atoms with Crippen molar-refractivity contribution >= 4 is 0 Å². The second kappa shape index (κ2) is 5.96. The van der Waals surface area contributed by atoms with Gasteiger partial charge in [0.05, 0.1) is 0 Å². The van der Waals surface area contributed by atoms with Gasteiger partial charge in [-0.15, -0.1) is 13.2 Å². The van der Waals surface area contributed by atoms with E-state index in [9.17, 15) is 13.2 Å². The van der Waals surface area contributed by atoms with Crippen molar-refractivity contribution in [3.05, 3.63) is 89.5 Å². The quantitative estimate of drug-likeness (QED) is 0.573. The van der Waals surface area contributed by atoms with Crippen LogP contribution in [0, 0.1) is 0 Å². The summed E-state index contributed by atoms with van der Waals surface area (Å²) >= 11 is 0. The van der Waals surface area contributed by atoms with Gasteiger partial charge in [0, 0.05) is 5.92 Å². The fraction of sp³-hybridized carbons (Fsp3) is 0.143. The standard InChI is InChI=1S/C21H15F3O/c22-21(23,24)25-15-11-9-14(10-12-15)13-20-18-7-3-1-5-16(18)17-6-2-4-8-19(17)20/h1-12,20H,13H2. The predicted octanol–water partition coefficient (Wildman–Crippen LogP) is 5.94. The van der Waals surface area contributed by atoms with Crippen LogP contribution in [0.4, 0.5) is 13.2 Å². The molecule has 4 heteroatoms. The van der Waals surface area contributed by atoms with Crippen molar-refractivity contribution in [2.45, 2.75) is 18.7 Å². The van der Waals surface area contributed by atoms with E-state index < -0.39 is 6.36 Å². The molecule has 0 radical (unpaired) electrons. The zero-order valence-electron chi connectivity index (χ0n) is 13.3. The lowest BCUT2D eigenvalue weighted by molar-refractivity contribution is -0.274. The highest BCUT2D eigenvalue weighted by Crippen LogP contribution is 2.45. The van der Waals surface area contributed by atoms with Crippen molar-refractivity contribution in [2.75, 3.05) is 0 Å². The minimum Gasteiger partial charge on any atom is -0.406 e. The lowest BCUT2D eigenvalue weighted by Crippen LogP contribution is -2.17. The normalized spacial score (nSPS) is 13.4. The maximum atomic E-state index is 12.3. The zero-order valence-corrected chi connectivity index (χ0v) is 13.3. The van der Waals surface area contributed by atoms with Crippen molar-refractivity contribution < 1.29 is 17.9 Å². The summed E-state index contributed by atoms with van der Waals surface area (Å²) in [6, 6.07) is 22.7. The Bertz CT molecular complexity index is 852. The predicted molar refractivity (Wildman–Crippen MR) is 90.6 cm³/mol. The molecule has 0 unspecified atom stereocenters. The van der Waals surface area contributed by atoms with E-state index in [1.54, 1.807) is 12.1 Å². The molecule has 0 fully saturated rings. The SMILES string of the molecule is FC(F)(F)Oc1ccc(CC2c3ccccc3-c3ccccc32)cc1. The van der Waals surface area contributed by atoms with Crippen LogP contribution in [-0.4, -0.2) is 6.36 Å².